The van der Waals surface area contributed by atoms with Crippen molar-refractivity contribution in [2.24, 2.45) is 0 Å². The summed E-state index contributed by atoms with van der Waals surface area (Å²) in [5.41, 5.74) is 2.39. The molecule has 0 radical (unpaired) electrons. The quantitative estimate of drug-likeness (QED) is 0.796. The van der Waals surface area contributed by atoms with Crippen LogP contribution in [-0.4, -0.2) is 10.9 Å². The molecule has 0 fully saturated rings. The Bertz CT molecular complexity index is 587. The van der Waals surface area contributed by atoms with Crippen LogP contribution in [0.4, 0.5) is 5.69 Å². The summed E-state index contributed by atoms with van der Waals surface area (Å²) in [6.07, 6.45) is 1.70. The first-order chi connectivity index (χ1) is 8.16. The number of hydrogen-bond donors (Lipinski definition) is 2. The van der Waals surface area contributed by atoms with Gasteiger partial charge >= 0.3 is 0 Å². The number of hydrogen-bond acceptors (Lipinski definition) is 2. The lowest BCUT2D eigenvalue weighted by Crippen LogP contribution is -2.12. The predicted molar refractivity (Wildman–Crippen MR) is 70.8 cm³/mol. The van der Waals surface area contributed by atoms with Crippen LogP contribution in [0, 0.1) is 11.6 Å². The zero-order valence-electron chi connectivity index (χ0n) is 9.36. The number of carbonyl (C=O) groups excluding carboxylic acids is 1. The van der Waals surface area contributed by atoms with Crippen molar-refractivity contribution in [2.45, 2.75) is 6.92 Å². The number of aromatic nitrogens is 1. The number of aromatic amines is 1. The summed E-state index contributed by atoms with van der Waals surface area (Å²) in [6.45, 7) is 2.00. The molecule has 4 heteroatoms. The first-order valence-corrected chi connectivity index (χ1v) is 5.63. The molecule has 0 saturated heterocycles. The van der Waals surface area contributed by atoms with Crippen LogP contribution in [0.2, 0.25) is 0 Å². The van der Waals surface area contributed by atoms with Gasteiger partial charge in [-0.1, -0.05) is 29.9 Å². The molecule has 0 spiro atoms. The highest BCUT2D eigenvalue weighted by molar-refractivity contribution is 7.71. The second-order valence-electron chi connectivity index (χ2n) is 3.73. The number of pyridine rings is 1. The molecule has 0 saturated carbocycles. The van der Waals surface area contributed by atoms with Gasteiger partial charge in [0.05, 0.1) is 5.56 Å². The molecule has 86 valence electrons. The molecule has 0 atom stereocenters. The van der Waals surface area contributed by atoms with Gasteiger partial charge in [-0.15, -0.1) is 0 Å². The van der Waals surface area contributed by atoms with Crippen molar-refractivity contribution in [3.63, 3.8) is 0 Å². The highest BCUT2D eigenvalue weighted by Gasteiger charge is 2.07. The van der Waals surface area contributed by atoms with Gasteiger partial charge in [0, 0.05) is 11.9 Å². The monoisotopic (exact) mass is 244 g/mol. The maximum atomic E-state index is 11.9. The van der Waals surface area contributed by atoms with Gasteiger partial charge in [-0.3, -0.25) is 4.79 Å². The average Bonchev–Trinajstić information content (AvgIpc) is 2.32. The molecule has 2 N–H and O–H groups in total. The standard InChI is InChI=1S/C13H12N2OS/c1-9-4-6-10(7-5-9)15-12(16)11-3-2-8-14-13(11)17/h2-8H,1H3,(H,14,17)(H,15,16). The van der Waals surface area contributed by atoms with E-state index in [1.165, 1.54) is 0 Å². The summed E-state index contributed by atoms with van der Waals surface area (Å²) in [5.74, 6) is -0.198. The molecular formula is C13H12N2OS. The van der Waals surface area contributed by atoms with Crippen molar-refractivity contribution < 1.29 is 4.79 Å². The minimum atomic E-state index is -0.198. The lowest BCUT2D eigenvalue weighted by Gasteiger charge is -2.05. The topological polar surface area (TPSA) is 44.9 Å². The van der Waals surface area contributed by atoms with Gasteiger partial charge in [-0.05, 0) is 31.2 Å². The van der Waals surface area contributed by atoms with Crippen LogP contribution in [-0.2, 0) is 0 Å². The fourth-order valence-corrected chi connectivity index (χ4v) is 1.66. The van der Waals surface area contributed by atoms with Crippen molar-refractivity contribution >= 4 is 23.8 Å². The Hall–Kier alpha value is -1.94. The second-order valence-corrected chi connectivity index (χ2v) is 4.14. The normalized spacial score (nSPS) is 9.94. The molecular weight excluding hydrogens is 232 g/mol. The summed E-state index contributed by atoms with van der Waals surface area (Å²) in [4.78, 5) is 14.8. The van der Waals surface area contributed by atoms with Crippen molar-refractivity contribution in [1.29, 1.82) is 0 Å². The summed E-state index contributed by atoms with van der Waals surface area (Å²) in [7, 11) is 0. The van der Waals surface area contributed by atoms with Crippen LogP contribution >= 0.6 is 12.2 Å². The number of amides is 1. The first kappa shape index (κ1) is 11.5. The van der Waals surface area contributed by atoms with Crippen LogP contribution in [0.1, 0.15) is 15.9 Å². The number of H-pyrrole nitrogens is 1. The van der Waals surface area contributed by atoms with E-state index in [-0.39, 0.29) is 5.91 Å². The lowest BCUT2D eigenvalue weighted by atomic mass is 10.2. The van der Waals surface area contributed by atoms with E-state index in [1.807, 2.05) is 31.2 Å². The van der Waals surface area contributed by atoms with E-state index < -0.39 is 0 Å². The third-order valence-electron chi connectivity index (χ3n) is 2.37. The third-order valence-corrected chi connectivity index (χ3v) is 2.71. The van der Waals surface area contributed by atoms with Crippen molar-refractivity contribution in [1.82, 2.24) is 4.98 Å². The Morgan fingerprint density at radius 1 is 1.24 bits per heavy atom. The minimum absolute atomic E-state index is 0.198. The molecule has 1 heterocycles. The third kappa shape index (κ3) is 2.79. The molecule has 2 aromatic rings. The van der Waals surface area contributed by atoms with Crippen molar-refractivity contribution in [3.05, 3.63) is 58.4 Å². The Labute approximate surface area is 105 Å². The Kier molecular flexibility index (Phi) is 3.35. The summed E-state index contributed by atoms with van der Waals surface area (Å²) < 4.78 is 0.442. The van der Waals surface area contributed by atoms with Gasteiger partial charge in [0.2, 0.25) is 0 Å². The molecule has 2 rings (SSSR count). The first-order valence-electron chi connectivity index (χ1n) is 5.22. The summed E-state index contributed by atoms with van der Waals surface area (Å²) in [6, 6.07) is 11.1. The van der Waals surface area contributed by atoms with Crippen LogP contribution < -0.4 is 5.32 Å². The van der Waals surface area contributed by atoms with Crippen LogP contribution in [0.3, 0.4) is 0 Å². The van der Waals surface area contributed by atoms with E-state index in [1.54, 1.807) is 18.3 Å². The van der Waals surface area contributed by atoms with Crippen LogP contribution in [0.25, 0.3) is 0 Å². The van der Waals surface area contributed by atoms with Crippen molar-refractivity contribution in [3.8, 4) is 0 Å². The van der Waals surface area contributed by atoms with Gasteiger partial charge in [0.15, 0.2) is 0 Å². The molecule has 0 aliphatic carbocycles. The van der Waals surface area contributed by atoms with E-state index in [0.717, 1.165) is 11.3 Å². The van der Waals surface area contributed by atoms with Gasteiger partial charge < -0.3 is 10.3 Å². The largest absolute Gasteiger partial charge is 0.352 e. The SMILES string of the molecule is Cc1ccc(NC(=O)c2ccc[nH]c2=S)cc1. The Morgan fingerprint density at radius 2 is 1.94 bits per heavy atom. The number of carbonyl (C=O) groups is 1. The lowest BCUT2D eigenvalue weighted by molar-refractivity contribution is 0.102. The van der Waals surface area contributed by atoms with E-state index in [0.29, 0.717) is 10.2 Å². The molecule has 1 aromatic carbocycles. The molecule has 3 nitrogen and oxygen atoms in total. The highest BCUT2D eigenvalue weighted by atomic mass is 32.1. The Morgan fingerprint density at radius 3 is 2.59 bits per heavy atom. The number of benzene rings is 1. The number of rotatable bonds is 2. The molecule has 1 amide bonds. The molecule has 0 aliphatic heterocycles. The van der Waals surface area contributed by atoms with E-state index >= 15 is 0 Å². The highest BCUT2D eigenvalue weighted by Crippen LogP contribution is 2.10. The molecule has 1 aromatic heterocycles. The van der Waals surface area contributed by atoms with Gasteiger partial charge in [0.1, 0.15) is 4.64 Å². The van der Waals surface area contributed by atoms with Gasteiger partial charge in [0.25, 0.3) is 5.91 Å². The maximum Gasteiger partial charge on any atom is 0.258 e. The summed E-state index contributed by atoms with van der Waals surface area (Å²) >= 11 is 5.05. The minimum Gasteiger partial charge on any atom is -0.352 e. The number of anilines is 1. The predicted octanol–water partition coefficient (Wildman–Crippen LogP) is 3.30. The molecule has 0 aliphatic rings. The van der Waals surface area contributed by atoms with Gasteiger partial charge in [-0.25, -0.2) is 0 Å². The van der Waals surface area contributed by atoms with Crippen LogP contribution in [0.15, 0.2) is 42.6 Å². The molecule has 0 bridgehead atoms. The Balaban J connectivity index is 2.20. The summed E-state index contributed by atoms with van der Waals surface area (Å²) in [5, 5.41) is 2.80. The fraction of sp³-hybridized carbons (Fsp3) is 0.0769. The van der Waals surface area contributed by atoms with E-state index in [4.69, 9.17) is 12.2 Å². The zero-order chi connectivity index (χ0) is 12.3. The van der Waals surface area contributed by atoms with Crippen LogP contribution in [0.5, 0.6) is 0 Å². The maximum absolute atomic E-state index is 11.9. The van der Waals surface area contributed by atoms with Gasteiger partial charge in [-0.2, -0.15) is 0 Å². The van der Waals surface area contributed by atoms with Crippen molar-refractivity contribution in [2.75, 3.05) is 5.32 Å². The van der Waals surface area contributed by atoms with E-state index in [9.17, 15) is 4.79 Å². The smallest absolute Gasteiger partial charge is 0.258 e. The second kappa shape index (κ2) is 4.93. The molecule has 0 unspecified atom stereocenters. The number of aryl methyl sites for hydroxylation is 1. The average molecular weight is 244 g/mol. The van der Waals surface area contributed by atoms with E-state index in [2.05, 4.69) is 10.3 Å². The fourth-order valence-electron chi connectivity index (χ4n) is 1.44. The number of nitrogens with one attached hydrogen (secondary N) is 2. The zero-order valence-corrected chi connectivity index (χ0v) is 10.2. The molecule has 17 heavy (non-hydrogen) atoms.